The first-order chi connectivity index (χ1) is 19.4. The topological polar surface area (TPSA) is 102 Å². The predicted octanol–water partition coefficient (Wildman–Crippen LogP) is 6.94. The van der Waals surface area contributed by atoms with E-state index in [-0.39, 0.29) is 23.8 Å². The van der Waals surface area contributed by atoms with Crippen LogP contribution in [0.25, 0.3) is 5.57 Å². The van der Waals surface area contributed by atoms with E-state index in [1.165, 1.54) is 31.8 Å². The van der Waals surface area contributed by atoms with E-state index >= 15 is 0 Å². The van der Waals surface area contributed by atoms with E-state index in [1.807, 2.05) is 57.5 Å². The minimum Gasteiger partial charge on any atom is -0.382 e. The van der Waals surface area contributed by atoms with Crippen LogP contribution in [0.5, 0.6) is 0 Å². The van der Waals surface area contributed by atoms with E-state index in [0.717, 1.165) is 5.57 Å². The van der Waals surface area contributed by atoms with E-state index in [2.05, 4.69) is 36.0 Å². The first-order valence-corrected chi connectivity index (χ1v) is 14.7. The normalized spacial score (nSPS) is 13.1. The lowest BCUT2D eigenvalue weighted by molar-refractivity contribution is -0.119. The second kappa shape index (κ2) is 17.3. The smallest absolute Gasteiger partial charge is 0.253 e. The van der Waals surface area contributed by atoms with Crippen LogP contribution in [-0.4, -0.2) is 46.9 Å². The lowest BCUT2D eigenvalue weighted by Gasteiger charge is -2.21. The molecule has 0 aliphatic carbocycles. The largest absolute Gasteiger partial charge is 0.382 e. The molecule has 2 aromatic heterocycles. The van der Waals surface area contributed by atoms with Gasteiger partial charge >= 0.3 is 0 Å². The monoisotopic (exact) mass is 582 g/mol. The number of anilines is 1. The van der Waals surface area contributed by atoms with Gasteiger partial charge in [-0.15, -0.1) is 11.3 Å². The van der Waals surface area contributed by atoms with Crippen molar-refractivity contribution in [3.8, 4) is 0 Å². The van der Waals surface area contributed by atoms with Gasteiger partial charge in [0, 0.05) is 41.6 Å². The highest BCUT2D eigenvalue weighted by Crippen LogP contribution is 2.25. The molecule has 0 aliphatic heterocycles. The number of ketones is 1. The number of carbonyl (C=O) groups excluding carboxylic acids is 3. The average molecular weight is 583 g/mol. The molecule has 2 rings (SSSR count). The molecule has 0 radical (unpaired) electrons. The number of Topliss-reactive ketones (excluding diaryl/α,β-unsaturated/α-hetero) is 1. The number of methoxy groups -OCH3 is 1. The van der Waals surface area contributed by atoms with Crippen LogP contribution in [0.1, 0.15) is 84.3 Å². The molecule has 2 heterocycles. The highest BCUT2D eigenvalue weighted by molar-refractivity contribution is 7.14. The van der Waals surface area contributed by atoms with Crippen molar-refractivity contribution in [3.63, 3.8) is 0 Å². The van der Waals surface area contributed by atoms with Crippen molar-refractivity contribution in [1.82, 2.24) is 14.9 Å². The average Bonchev–Trinajstić information content (AvgIpc) is 3.59. The number of amides is 2. The number of rotatable bonds is 12. The van der Waals surface area contributed by atoms with Gasteiger partial charge < -0.3 is 19.9 Å². The molecule has 8 nitrogen and oxygen atoms in total. The molecule has 0 bridgehead atoms. The highest BCUT2D eigenvalue weighted by atomic mass is 32.1. The Kier molecular flexibility index (Phi) is 15.0. The van der Waals surface area contributed by atoms with Crippen molar-refractivity contribution in [1.29, 1.82) is 0 Å². The van der Waals surface area contributed by atoms with Crippen molar-refractivity contribution in [2.24, 2.45) is 0 Å². The van der Waals surface area contributed by atoms with E-state index in [4.69, 9.17) is 4.74 Å². The molecular formula is C32H46N4O4S. The zero-order chi connectivity index (χ0) is 31.2. The van der Waals surface area contributed by atoms with E-state index in [1.54, 1.807) is 29.8 Å². The number of nitrogens with one attached hydrogen (secondary N) is 2. The summed E-state index contributed by atoms with van der Waals surface area (Å²) in [6.45, 7) is 19.6. The number of hydrogen-bond donors (Lipinski definition) is 2. The van der Waals surface area contributed by atoms with Gasteiger partial charge in [-0.3, -0.25) is 14.4 Å². The number of nitrogens with zero attached hydrogens (tertiary/aromatic N) is 2. The van der Waals surface area contributed by atoms with Crippen LogP contribution in [0.4, 0.5) is 5.13 Å². The summed E-state index contributed by atoms with van der Waals surface area (Å²) in [6.07, 6.45) is 12.7. The van der Waals surface area contributed by atoms with Crippen LogP contribution in [0, 0.1) is 0 Å². The minimum atomic E-state index is -0.924. The maximum Gasteiger partial charge on any atom is 0.253 e. The lowest BCUT2D eigenvalue weighted by atomic mass is 9.98. The number of thiazole rings is 1. The van der Waals surface area contributed by atoms with Gasteiger partial charge in [0.25, 0.3) is 11.8 Å². The van der Waals surface area contributed by atoms with E-state index in [9.17, 15) is 14.4 Å². The SMILES string of the molecule is C=C\C(=C/C(C(C)=O)=C(/C=C\C)CC)c1csc(NC(=O)C(COC)NC(=O)c2ccn(C(C)(C)C)c2)n1.CCC. The number of carbonyl (C=O) groups is 3. The molecule has 2 N–H and O–H groups in total. The van der Waals surface area contributed by atoms with Crippen molar-refractivity contribution >= 4 is 39.6 Å². The second-order valence-corrected chi connectivity index (χ2v) is 11.2. The van der Waals surface area contributed by atoms with E-state index in [0.29, 0.717) is 34.0 Å². The number of hydrogen-bond acceptors (Lipinski definition) is 6. The quantitative estimate of drug-likeness (QED) is 0.208. The summed E-state index contributed by atoms with van der Waals surface area (Å²) in [5, 5.41) is 7.63. The van der Waals surface area contributed by atoms with Crippen LogP contribution in [-0.2, 0) is 19.9 Å². The Labute approximate surface area is 249 Å². The first kappa shape index (κ1) is 35.5. The Morgan fingerprint density at radius 1 is 1.22 bits per heavy atom. The van der Waals surface area contributed by atoms with Crippen LogP contribution >= 0.6 is 11.3 Å². The summed E-state index contributed by atoms with van der Waals surface area (Å²) in [6, 6.07) is 0.787. The molecule has 0 fully saturated rings. The van der Waals surface area contributed by atoms with Crippen molar-refractivity contribution in [2.45, 2.75) is 79.8 Å². The van der Waals surface area contributed by atoms with Gasteiger partial charge in [0.1, 0.15) is 6.04 Å². The summed E-state index contributed by atoms with van der Waals surface area (Å²) < 4.78 is 7.11. The first-order valence-electron chi connectivity index (χ1n) is 13.8. The molecular weight excluding hydrogens is 536 g/mol. The van der Waals surface area contributed by atoms with Gasteiger partial charge in [0.15, 0.2) is 10.9 Å². The van der Waals surface area contributed by atoms with Crippen molar-refractivity contribution in [2.75, 3.05) is 19.0 Å². The summed E-state index contributed by atoms with van der Waals surface area (Å²) >= 11 is 1.23. The lowest BCUT2D eigenvalue weighted by Crippen LogP contribution is -2.46. The van der Waals surface area contributed by atoms with Gasteiger partial charge in [-0.25, -0.2) is 4.98 Å². The Morgan fingerprint density at radius 3 is 2.37 bits per heavy atom. The summed E-state index contributed by atoms with van der Waals surface area (Å²) in [5.41, 5.74) is 3.01. The van der Waals surface area contributed by atoms with Crippen LogP contribution in [0.15, 0.2) is 65.9 Å². The Bertz CT molecular complexity index is 1270. The molecule has 1 unspecified atom stereocenters. The summed E-state index contributed by atoms with van der Waals surface area (Å²) in [7, 11) is 1.46. The van der Waals surface area contributed by atoms with Gasteiger partial charge in [-0.05, 0) is 58.8 Å². The molecule has 2 amide bonds. The molecule has 0 spiro atoms. The van der Waals surface area contributed by atoms with Crippen LogP contribution in [0.2, 0.25) is 0 Å². The molecule has 0 aromatic carbocycles. The molecule has 224 valence electrons. The molecule has 2 aromatic rings. The molecule has 1 atom stereocenters. The fraction of sp³-hybridized carbons (Fsp3) is 0.438. The standard InChI is InChI=1S/C29H38N4O4S.C3H8/c1-9-12-20(10-2)23(19(4)34)15-21(11-3)25-18-38-28(31-25)32-27(36)24(17-37-8)30-26(35)22-13-14-33(16-22)29(5,6)7;1-3-2/h9,11-16,18,24H,3,10,17H2,1-2,4-8H3,(H,30,35)(H,31,32,36);3H2,1-2H3/b12-9-,21-15+,23-20-;. The Balaban J connectivity index is 0.00000268. The predicted molar refractivity (Wildman–Crippen MR) is 170 cm³/mol. The molecule has 9 heteroatoms. The molecule has 0 aliphatic rings. The molecule has 0 saturated carbocycles. The minimum absolute atomic E-state index is 0.00883. The molecule has 0 saturated heterocycles. The second-order valence-electron chi connectivity index (χ2n) is 10.3. The zero-order valence-corrected chi connectivity index (χ0v) is 26.8. The van der Waals surface area contributed by atoms with E-state index < -0.39 is 11.9 Å². The highest BCUT2D eigenvalue weighted by Gasteiger charge is 2.24. The third-order valence-corrected chi connectivity index (χ3v) is 6.47. The van der Waals surface area contributed by atoms with Crippen molar-refractivity contribution < 1.29 is 19.1 Å². The fourth-order valence-corrected chi connectivity index (χ4v) is 4.33. The maximum absolute atomic E-state index is 13.0. The maximum atomic E-state index is 13.0. The summed E-state index contributed by atoms with van der Waals surface area (Å²) in [5.74, 6) is -0.886. The number of aromatic nitrogens is 2. The third-order valence-electron chi connectivity index (χ3n) is 5.71. The Morgan fingerprint density at radius 2 is 1.88 bits per heavy atom. The van der Waals surface area contributed by atoms with Gasteiger partial charge in [-0.2, -0.15) is 0 Å². The third kappa shape index (κ3) is 11.1. The van der Waals surface area contributed by atoms with Crippen LogP contribution in [0.3, 0.4) is 0 Å². The van der Waals surface area contributed by atoms with Gasteiger partial charge in [0.05, 0.1) is 17.9 Å². The number of allylic oxidation sites excluding steroid dienone is 7. The zero-order valence-electron chi connectivity index (χ0n) is 26.0. The fourth-order valence-electron chi connectivity index (χ4n) is 3.61. The van der Waals surface area contributed by atoms with Gasteiger partial charge in [-0.1, -0.05) is 52.0 Å². The Hall–Kier alpha value is -3.56. The van der Waals surface area contributed by atoms with Crippen molar-refractivity contribution in [3.05, 3.63) is 77.1 Å². The summed E-state index contributed by atoms with van der Waals surface area (Å²) in [4.78, 5) is 42.7. The number of ether oxygens (including phenoxy) is 1. The van der Waals surface area contributed by atoms with Gasteiger partial charge in [0.2, 0.25) is 0 Å². The van der Waals surface area contributed by atoms with Crippen LogP contribution < -0.4 is 10.6 Å². The molecule has 41 heavy (non-hydrogen) atoms.